The summed E-state index contributed by atoms with van der Waals surface area (Å²) in [5.74, 6) is 3.71. The van der Waals surface area contributed by atoms with Crippen molar-refractivity contribution in [3.8, 4) is 0 Å². The Balaban J connectivity index is 1.29. The molecule has 6 aliphatic rings. The summed E-state index contributed by atoms with van der Waals surface area (Å²) in [6.45, 7) is 11.1. The number of aliphatic hydroxyl groups excluding tert-OH is 1. The number of likely N-dealkylation sites (N-methyl/N-ethyl adjacent to an activating group) is 1. The molecular formula is C29H45NO2. The highest BCUT2D eigenvalue weighted by Gasteiger charge is 2.58. The molecule has 6 rings (SSSR count). The zero-order valence-electron chi connectivity index (χ0n) is 21.1. The zero-order chi connectivity index (χ0) is 22.4. The Morgan fingerprint density at radius 1 is 1.16 bits per heavy atom. The third kappa shape index (κ3) is 3.02. The number of likely N-dealkylation sites (tertiary alicyclic amines) is 1. The molecule has 2 saturated carbocycles. The molecule has 0 aromatic carbocycles. The third-order valence-electron chi connectivity index (χ3n) is 11.4. The molecule has 178 valence electrons. The maximum atomic E-state index is 10.3. The summed E-state index contributed by atoms with van der Waals surface area (Å²) in [7, 11) is 2.33. The summed E-state index contributed by atoms with van der Waals surface area (Å²) in [6, 6.07) is 0.599. The van der Waals surface area contributed by atoms with Gasteiger partial charge in [-0.25, -0.2) is 0 Å². The topological polar surface area (TPSA) is 32.7 Å². The molecule has 32 heavy (non-hydrogen) atoms. The van der Waals surface area contributed by atoms with Crippen molar-refractivity contribution in [3.63, 3.8) is 0 Å². The number of allylic oxidation sites excluding steroid dienone is 2. The van der Waals surface area contributed by atoms with Crippen molar-refractivity contribution in [2.24, 2.45) is 35.0 Å². The van der Waals surface area contributed by atoms with E-state index in [2.05, 4.69) is 45.7 Å². The Labute approximate surface area is 195 Å². The van der Waals surface area contributed by atoms with Gasteiger partial charge in [-0.05, 0) is 101 Å². The Morgan fingerprint density at radius 3 is 2.78 bits per heavy atom. The molecule has 2 saturated heterocycles. The molecule has 3 heteroatoms. The lowest BCUT2D eigenvalue weighted by atomic mass is 9.56. The number of hydrogen-bond acceptors (Lipinski definition) is 3. The Morgan fingerprint density at radius 2 is 1.97 bits per heavy atom. The average Bonchev–Trinajstić information content (AvgIpc) is 3.19. The predicted molar refractivity (Wildman–Crippen MR) is 129 cm³/mol. The first-order chi connectivity index (χ1) is 15.2. The van der Waals surface area contributed by atoms with Gasteiger partial charge in [0.2, 0.25) is 0 Å². The highest BCUT2D eigenvalue weighted by molar-refractivity contribution is 5.34. The van der Waals surface area contributed by atoms with E-state index in [0.717, 1.165) is 42.9 Å². The highest BCUT2D eigenvalue weighted by atomic mass is 16.5. The molecule has 1 spiro atoms. The fourth-order valence-corrected chi connectivity index (χ4v) is 9.81. The van der Waals surface area contributed by atoms with Gasteiger partial charge < -0.3 is 14.7 Å². The van der Waals surface area contributed by atoms with Crippen LogP contribution in [0.3, 0.4) is 0 Å². The Kier molecular flexibility index (Phi) is 5.07. The van der Waals surface area contributed by atoms with Crippen molar-refractivity contribution in [1.82, 2.24) is 4.90 Å². The number of nitrogens with zero attached hydrogens (tertiary/aromatic N) is 1. The van der Waals surface area contributed by atoms with Crippen molar-refractivity contribution < 1.29 is 9.84 Å². The molecule has 0 amide bonds. The van der Waals surface area contributed by atoms with Gasteiger partial charge in [0.05, 0.1) is 17.8 Å². The van der Waals surface area contributed by atoms with Crippen LogP contribution in [0.1, 0.15) is 85.5 Å². The van der Waals surface area contributed by atoms with Gasteiger partial charge in [-0.2, -0.15) is 0 Å². The Bertz CT molecular complexity index is 846. The van der Waals surface area contributed by atoms with Gasteiger partial charge in [0.25, 0.3) is 0 Å². The standard InChI is InChI=1S/C29H45NO2/c1-17-12-26-27(30(5)16-17)19(3)29(32-26)11-9-22-23-7-6-20-13-21(31)8-10-28(20,4)25(23)14-24(22)18(2)15-29/h6,17,19,21-23,25-27,31H,7-16H2,1-5H3/t17-,19+,21-,22-,23-,25-,26+,27-,28-,29-/m0/s1. The van der Waals surface area contributed by atoms with Crippen molar-refractivity contribution in [3.05, 3.63) is 22.8 Å². The van der Waals surface area contributed by atoms with Crippen LogP contribution in [-0.4, -0.2) is 47.4 Å². The van der Waals surface area contributed by atoms with E-state index in [1.54, 1.807) is 11.1 Å². The lowest BCUT2D eigenvalue weighted by Crippen LogP contribution is -2.49. The van der Waals surface area contributed by atoms with Crippen LogP contribution in [0.25, 0.3) is 0 Å². The lowest BCUT2D eigenvalue weighted by Gasteiger charge is -2.49. The first-order valence-corrected chi connectivity index (χ1v) is 13.7. The normalized spacial score (nSPS) is 53.4. The molecule has 1 N–H and O–H groups in total. The number of ether oxygens (including phenoxy) is 1. The van der Waals surface area contributed by atoms with Crippen LogP contribution in [0.2, 0.25) is 0 Å². The van der Waals surface area contributed by atoms with E-state index >= 15 is 0 Å². The fraction of sp³-hybridized carbons (Fsp3) is 0.862. The molecule has 4 aliphatic carbocycles. The Hall–Kier alpha value is -0.640. The van der Waals surface area contributed by atoms with Crippen molar-refractivity contribution in [2.75, 3.05) is 13.6 Å². The monoisotopic (exact) mass is 439 g/mol. The minimum absolute atomic E-state index is 0.0547. The van der Waals surface area contributed by atoms with Gasteiger partial charge in [-0.1, -0.05) is 43.6 Å². The molecular weight excluding hydrogens is 394 g/mol. The molecule has 2 aliphatic heterocycles. The van der Waals surface area contributed by atoms with Crippen LogP contribution in [0, 0.1) is 35.0 Å². The quantitative estimate of drug-likeness (QED) is 0.489. The molecule has 0 bridgehead atoms. The number of fused-ring (bicyclic) bond motifs is 6. The fourth-order valence-electron chi connectivity index (χ4n) is 9.81. The van der Waals surface area contributed by atoms with E-state index in [1.807, 2.05) is 5.57 Å². The zero-order valence-corrected chi connectivity index (χ0v) is 21.1. The van der Waals surface area contributed by atoms with E-state index in [4.69, 9.17) is 4.74 Å². The summed E-state index contributed by atoms with van der Waals surface area (Å²) in [6.07, 6.45) is 13.5. The highest BCUT2D eigenvalue weighted by Crippen LogP contribution is 2.63. The number of hydrogen-bond donors (Lipinski definition) is 1. The van der Waals surface area contributed by atoms with Crippen molar-refractivity contribution in [2.45, 2.75) is 109 Å². The minimum Gasteiger partial charge on any atom is -0.393 e. The summed E-state index contributed by atoms with van der Waals surface area (Å²) < 4.78 is 7.10. The van der Waals surface area contributed by atoms with E-state index in [-0.39, 0.29) is 11.7 Å². The molecule has 0 radical (unpaired) electrons. The second-order valence-electron chi connectivity index (χ2n) is 13.2. The second-order valence-corrected chi connectivity index (χ2v) is 13.2. The number of aliphatic hydroxyl groups is 1. The van der Waals surface area contributed by atoms with Crippen molar-refractivity contribution >= 4 is 0 Å². The van der Waals surface area contributed by atoms with Crippen LogP contribution in [0.5, 0.6) is 0 Å². The van der Waals surface area contributed by atoms with Crippen LogP contribution < -0.4 is 0 Å². The maximum Gasteiger partial charge on any atom is 0.0765 e. The first-order valence-electron chi connectivity index (χ1n) is 13.7. The van der Waals surface area contributed by atoms with Crippen LogP contribution in [0.15, 0.2) is 22.8 Å². The molecule has 0 unspecified atom stereocenters. The van der Waals surface area contributed by atoms with Crippen LogP contribution in [0.4, 0.5) is 0 Å². The summed E-state index contributed by atoms with van der Waals surface area (Å²) >= 11 is 0. The van der Waals surface area contributed by atoms with Gasteiger partial charge >= 0.3 is 0 Å². The minimum atomic E-state index is -0.107. The van der Waals surface area contributed by atoms with E-state index in [0.29, 0.717) is 23.5 Å². The lowest BCUT2D eigenvalue weighted by molar-refractivity contribution is -0.0777. The van der Waals surface area contributed by atoms with E-state index < -0.39 is 0 Å². The molecule has 3 nitrogen and oxygen atoms in total. The SMILES string of the molecule is CC1=C2C[C@H]3[C@@H](CC=C4C[C@@H](O)CC[C@@]43C)[C@@H]2CC[C@@]2(C1)O[C@@H]1C[C@H](C)CN(C)[C@H]1[C@H]2C. The number of rotatable bonds is 0. The van der Waals surface area contributed by atoms with E-state index in [1.165, 1.54) is 45.1 Å². The smallest absolute Gasteiger partial charge is 0.0765 e. The van der Waals surface area contributed by atoms with Gasteiger partial charge in [-0.15, -0.1) is 0 Å². The molecule has 0 aromatic rings. The van der Waals surface area contributed by atoms with Crippen LogP contribution >= 0.6 is 0 Å². The molecule has 2 heterocycles. The van der Waals surface area contributed by atoms with Crippen LogP contribution in [-0.2, 0) is 4.74 Å². The summed E-state index contributed by atoms with van der Waals surface area (Å²) in [4.78, 5) is 2.62. The van der Waals surface area contributed by atoms with Gasteiger partial charge in [-0.3, -0.25) is 0 Å². The second kappa shape index (κ2) is 7.43. The molecule has 10 atom stereocenters. The average molecular weight is 440 g/mol. The maximum absolute atomic E-state index is 10.3. The first kappa shape index (κ1) is 21.9. The van der Waals surface area contributed by atoms with Gasteiger partial charge in [0.15, 0.2) is 0 Å². The summed E-state index contributed by atoms with van der Waals surface area (Å²) in [5.41, 5.74) is 5.44. The van der Waals surface area contributed by atoms with Crippen molar-refractivity contribution in [1.29, 1.82) is 0 Å². The van der Waals surface area contributed by atoms with E-state index in [9.17, 15) is 5.11 Å². The predicted octanol–water partition coefficient (Wildman–Crippen LogP) is 5.73. The molecule has 4 fully saturated rings. The van der Waals surface area contributed by atoms with Gasteiger partial charge in [0, 0.05) is 18.5 Å². The molecule has 0 aromatic heterocycles. The summed E-state index contributed by atoms with van der Waals surface area (Å²) in [5, 5.41) is 10.3. The van der Waals surface area contributed by atoms with Gasteiger partial charge in [0.1, 0.15) is 0 Å². The third-order valence-corrected chi connectivity index (χ3v) is 11.4. The number of piperidine rings is 1. The largest absolute Gasteiger partial charge is 0.393 e.